The van der Waals surface area contributed by atoms with Crippen LogP contribution in [-0.4, -0.2) is 27.3 Å². The molecule has 1 heterocycles. The largest absolute Gasteiger partial charge is 0.487 e. The van der Waals surface area contributed by atoms with Gasteiger partial charge in [-0.2, -0.15) is 0 Å². The van der Waals surface area contributed by atoms with Crippen molar-refractivity contribution in [3.8, 4) is 5.75 Å². The van der Waals surface area contributed by atoms with Crippen molar-refractivity contribution in [3.63, 3.8) is 0 Å². The Bertz CT molecular complexity index is 1300. The minimum Gasteiger partial charge on any atom is -0.487 e. The van der Waals surface area contributed by atoms with Crippen molar-refractivity contribution >= 4 is 22.6 Å². The van der Waals surface area contributed by atoms with Crippen LogP contribution in [0, 0.1) is 11.6 Å². The second-order valence-corrected chi connectivity index (χ2v) is 7.38. The smallest absolute Gasteiger partial charge is 0.335 e. The number of para-hydroxylation sites is 1. The van der Waals surface area contributed by atoms with Gasteiger partial charge in [-0.15, -0.1) is 0 Å². The van der Waals surface area contributed by atoms with Crippen LogP contribution < -0.4 is 10.1 Å². The zero-order chi connectivity index (χ0) is 23.4. The number of nitrogens with zero attached hydrogens (tertiary/aromatic N) is 1. The first kappa shape index (κ1) is 22.2. The van der Waals surface area contributed by atoms with E-state index in [1.54, 1.807) is 24.3 Å². The minimum absolute atomic E-state index is 0.182. The fraction of sp³-hybridized carbons (Fsp3) is 0.120. The highest BCUT2D eigenvalue weighted by molar-refractivity contribution is 5.78. The zero-order valence-corrected chi connectivity index (χ0v) is 17.3. The SMILES string of the molecule is O=C(O)[C@@H](O)[C@@H](Nc1cccc(OCc2ccc3ccccc3n2)c1)c1ccc(F)cc1F. The average molecular weight is 450 g/mol. The molecule has 6 nitrogen and oxygen atoms in total. The van der Waals surface area contributed by atoms with Gasteiger partial charge in [0, 0.05) is 28.8 Å². The number of carbonyl (C=O) groups is 1. The Hall–Kier alpha value is -4.04. The van der Waals surface area contributed by atoms with E-state index in [-0.39, 0.29) is 12.2 Å². The molecule has 0 aliphatic carbocycles. The van der Waals surface area contributed by atoms with Crippen molar-refractivity contribution < 1.29 is 28.5 Å². The molecule has 4 aromatic rings. The number of halogens is 2. The number of nitrogens with one attached hydrogen (secondary N) is 1. The summed E-state index contributed by atoms with van der Waals surface area (Å²) in [6, 6.07) is 19.5. The highest BCUT2D eigenvalue weighted by Crippen LogP contribution is 2.28. The van der Waals surface area contributed by atoms with Gasteiger partial charge in [-0.25, -0.2) is 18.6 Å². The first-order valence-corrected chi connectivity index (χ1v) is 10.1. The van der Waals surface area contributed by atoms with E-state index < -0.39 is 29.7 Å². The van der Waals surface area contributed by atoms with Crippen LogP contribution in [0.1, 0.15) is 17.3 Å². The molecule has 3 N–H and O–H groups in total. The number of hydrogen-bond donors (Lipinski definition) is 3. The summed E-state index contributed by atoms with van der Waals surface area (Å²) in [5.41, 5.74) is 1.77. The maximum atomic E-state index is 14.3. The van der Waals surface area contributed by atoms with E-state index in [9.17, 15) is 23.8 Å². The van der Waals surface area contributed by atoms with Crippen molar-refractivity contribution in [3.05, 3.63) is 102 Å². The molecule has 0 saturated carbocycles. The topological polar surface area (TPSA) is 91.7 Å². The summed E-state index contributed by atoms with van der Waals surface area (Å²) < 4.78 is 33.4. The molecule has 8 heteroatoms. The molecule has 4 rings (SSSR count). The lowest BCUT2D eigenvalue weighted by Gasteiger charge is -2.24. The van der Waals surface area contributed by atoms with Gasteiger partial charge in [0.05, 0.1) is 17.3 Å². The van der Waals surface area contributed by atoms with E-state index >= 15 is 0 Å². The third-order valence-electron chi connectivity index (χ3n) is 5.07. The summed E-state index contributed by atoms with van der Waals surface area (Å²) in [5, 5.41) is 23.2. The molecule has 1 aromatic heterocycles. The summed E-state index contributed by atoms with van der Waals surface area (Å²) >= 11 is 0. The Morgan fingerprint density at radius 3 is 2.61 bits per heavy atom. The van der Waals surface area contributed by atoms with E-state index in [1.165, 1.54) is 0 Å². The number of aliphatic hydroxyl groups excluding tert-OH is 1. The second-order valence-electron chi connectivity index (χ2n) is 7.38. The van der Waals surface area contributed by atoms with Crippen molar-refractivity contribution in [2.24, 2.45) is 0 Å². The fourth-order valence-electron chi connectivity index (χ4n) is 3.42. The molecule has 33 heavy (non-hydrogen) atoms. The first-order chi connectivity index (χ1) is 15.9. The van der Waals surface area contributed by atoms with E-state index in [0.29, 0.717) is 17.5 Å². The van der Waals surface area contributed by atoms with E-state index in [0.717, 1.165) is 28.7 Å². The molecule has 2 atom stereocenters. The third kappa shape index (κ3) is 5.24. The highest BCUT2D eigenvalue weighted by atomic mass is 19.1. The maximum absolute atomic E-state index is 14.3. The number of carboxylic acid groups (broad SMARTS) is 1. The molecule has 0 bridgehead atoms. The van der Waals surface area contributed by atoms with Gasteiger partial charge in [-0.1, -0.05) is 36.4 Å². The Morgan fingerprint density at radius 2 is 1.82 bits per heavy atom. The second kappa shape index (κ2) is 9.62. The van der Waals surface area contributed by atoms with Crippen molar-refractivity contribution in [1.82, 2.24) is 4.98 Å². The molecule has 0 aliphatic heterocycles. The lowest BCUT2D eigenvalue weighted by molar-refractivity contribution is -0.147. The summed E-state index contributed by atoms with van der Waals surface area (Å²) in [5.74, 6) is -2.87. The van der Waals surface area contributed by atoms with Gasteiger partial charge in [-0.3, -0.25) is 0 Å². The molecule has 3 aromatic carbocycles. The highest BCUT2D eigenvalue weighted by Gasteiger charge is 2.29. The predicted octanol–water partition coefficient (Wildman–Crippen LogP) is 4.69. The minimum atomic E-state index is -1.98. The number of pyridine rings is 1. The summed E-state index contributed by atoms with van der Waals surface area (Å²) in [6.07, 6.45) is -1.98. The fourth-order valence-corrected chi connectivity index (χ4v) is 3.42. The Morgan fingerprint density at radius 1 is 1.00 bits per heavy atom. The molecule has 0 unspecified atom stereocenters. The number of rotatable bonds is 8. The molecule has 0 aliphatic rings. The van der Waals surface area contributed by atoms with Crippen LogP contribution >= 0.6 is 0 Å². The van der Waals surface area contributed by atoms with Crippen molar-refractivity contribution in [2.45, 2.75) is 18.8 Å². The maximum Gasteiger partial charge on any atom is 0.335 e. The number of aromatic nitrogens is 1. The molecule has 168 valence electrons. The number of carboxylic acids is 1. The zero-order valence-electron chi connectivity index (χ0n) is 17.3. The number of ether oxygens (including phenoxy) is 1. The monoisotopic (exact) mass is 450 g/mol. The van der Waals surface area contributed by atoms with Gasteiger partial charge in [0.25, 0.3) is 0 Å². The first-order valence-electron chi connectivity index (χ1n) is 10.1. The molecule has 0 amide bonds. The van der Waals surface area contributed by atoms with Crippen molar-refractivity contribution in [1.29, 1.82) is 0 Å². The molecular formula is C25H20F2N2O4. The lowest BCUT2D eigenvalue weighted by atomic mass is 10.00. The summed E-state index contributed by atoms with van der Waals surface area (Å²) in [7, 11) is 0. The number of benzene rings is 3. The van der Waals surface area contributed by atoms with Crippen LogP contribution in [0.25, 0.3) is 10.9 Å². The van der Waals surface area contributed by atoms with E-state index in [2.05, 4.69) is 10.3 Å². The van der Waals surface area contributed by atoms with E-state index in [4.69, 9.17) is 4.74 Å². The number of aliphatic hydroxyl groups is 1. The van der Waals surface area contributed by atoms with Crippen LogP contribution in [0.15, 0.2) is 78.9 Å². The number of hydrogen-bond acceptors (Lipinski definition) is 5. The lowest BCUT2D eigenvalue weighted by Crippen LogP contribution is -2.33. The standard InChI is InChI=1S/C25H20F2N2O4/c26-16-9-11-20(21(27)12-16)23(24(30)25(31)32)29-17-5-3-6-19(13-17)33-14-18-10-8-15-4-1-2-7-22(15)28-18/h1-13,23-24,29-30H,14H2,(H,31,32)/t23-,24-/m0/s1. The van der Waals surface area contributed by atoms with Crippen LogP contribution in [0.2, 0.25) is 0 Å². The van der Waals surface area contributed by atoms with Crippen LogP contribution in [0.5, 0.6) is 5.75 Å². The number of anilines is 1. The van der Waals surface area contributed by atoms with Crippen LogP contribution in [0.4, 0.5) is 14.5 Å². The molecule has 0 saturated heterocycles. The molecular weight excluding hydrogens is 430 g/mol. The Kier molecular flexibility index (Phi) is 6.46. The normalized spacial score (nSPS) is 12.8. The van der Waals surface area contributed by atoms with E-state index in [1.807, 2.05) is 36.4 Å². The van der Waals surface area contributed by atoms with Gasteiger partial charge < -0.3 is 20.3 Å². The predicted molar refractivity (Wildman–Crippen MR) is 119 cm³/mol. The molecule has 0 spiro atoms. The van der Waals surface area contributed by atoms with Gasteiger partial charge in [-0.05, 0) is 30.3 Å². The number of aliphatic carboxylic acids is 1. The Labute approximate surface area is 188 Å². The summed E-state index contributed by atoms with van der Waals surface area (Å²) in [4.78, 5) is 15.9. The van der Waals surface area contributed by atoms with Crippen LogP contribution in [-0.2, 0) is 11.4 Å². The average Bonchev–Trinajstić information content (AvgIpc) is 2.81. The third-order valence-corrected chi connectivity index (χ3v) is 5.07. The summed E-state index contributed by atoms with van der Waals surface area (Å²) in [6.45, 7) is 0.196. The molecule has 0 radical (unpaired) electrons. The van der Waals surface area contributed by atoms with Crippen LogP contribution in [0.3, 0.4) is 0 Å². The van der Waals surface area contributed by atoms with Gasteiger partial charge >= 0.3 is 5.97 Å². The van der Waals surface area contributed by atoms with Crippen molar-refractivity contribution in [2.75, 3.05) is 5.32 Å². The van der Waals surface area contributed by atoms with Gasteiger partial charge in [0.2, 0.25) is 0 Å². The number of fused-ring (bicyclic) bond motifs is 1. The van der Waals surface area contributed by atoms with Gasteiger partial charge in [0.1, 0.15) is 24.0 Å². The Balaban J connectivity index is 1.52. The molecule has 0 fully saturated rings. The quantitative estimate of drug-likeness (QED) is 0.361. The van der Waals surface area contributed by atoms with Gasteiger partial charge in [0.15, 0.2) is 6.10 Å².